The zero-order valence-corrected chi connectivity index (χ0v) is 14.5. The van der Waals surface area contributed by atoms with E-state index in [2.05, 4.69) is 5.32 Å². The van der Waals surface area contributed by atoms with Gasteiger partial charge in [-0.3, -0.25) is 0 Å². The highest BCUT2D eigenvalue weighted by molar-refractivity contribution is 7.98. The second-order valence-electron chi connectivity index (χ2n) is 6.13. The number of carbonyl (C=O) groups excluding carboxylic acids is 1. The van der Waals surface area contributed by atoms with E-state index < -0.39 is 6.10 Å². The van der Waals surface area contributed by atoms with E-state index in [-0.39, 0.29) is 23.8 Å². The Balaban J connectivity index is 1.83. The third-order valence-corrected chi connectivity index (χ3v) is 5.10. The fourth-order valence-corrected chi connectivity index (χ4v) is 3.53. The van der Waals surface area contributed by atoms with Crippen LogP contribution in [0.25, 0.3) is 0 Å². The molecule has 2 atom stereocenters. The van der Waals surface area contributed by atoms with Crippen molar-refractivity contribution < 1.29 is 14.3 Å². The summed E-state index contributed by atoms with van der Waals surface area (Å²) in [5.74, 6) is 0.700. The van der Waals surface area contributed by atoms with Crippen molar-refractivity contribution >= 4 is 17.8 Å². The fourth-order valence-electron chi connectivity index (χ4n) is 2.94. The molecule has 1 saturated heterocycles. The van der Waals surface area contributed by atoms with Gasteiger partial charge in [0.15, 0.2) is 0 Å². The van der Waals surface area contributed by atoms with Gasteiger partial charge in [0.2, 0.25) is 0 Å². The smallest absolute Gasteiger partial charge is 0.317 e. The van der Waals surface area contributed by atoms with E-state index in [1.54, 1.807) is 23.9 Å². The number of hydrogen-bond acceptors (Lipinski definition) is 3. The van der Waals surface area contributed by atoms with Gasteiger partial charge >= 0.3 is 6.03 Å². The Bertz CT molecular complexity index is 504. The first-order chi connectivity index (χ1) is 11.0. The molecule has 1 aromatic carbocycles. The van der Waals surface area contributed by atoms with Crippen molar-refractivity contribution in [2.75, 3.05) is 25.1 Å². The molecule has 0 bridgehead atoms. The van der Waals surface area contributed by atoms with E-state index in [0.29, 0.717) is 13.1 Å². The number of nitrogens with zero attached hydrogens (tertiary/aromatic N) is 1. The molecule has 128 valence electrons. The van der Waals surface area contributed by atoms with Crippen molar-refractivity contribution in [3.63, 3.8) is 0 Å². The Hall–Kier alpha value is -1.27. The second-order valence-corrected chi connectivity index (χ2v) is 7.04. The van der Waals surface area contributed by atoms with Crippen LogP contribution in [0.3, 0.4) is 0 Å². The molecule has 6 heteroatoms. The van der Waals surface area contributed by atoms with E-state index >= 15 is 0 Å². The fraction of sp³-hybridized carbons (Fsp3) is 0.588. The van der Waals surface area contributed by atoms with E-state index in [0.717, 1.165) is 24.2 Å². The van der Waals surface area contributed by atoms with Crippen molar-refractivity contribution in [3.05, 3.63) is 35.6 Å². The highest BCUT2D eigenvalue weighted by atomic mass is 32.2. The van der Waals surface area contributed by atoms with Crippen LogP contribution in [-0.2, 0) is 0 Å². The van der Waals surface area contributed by atoms with E-state index in [4.69, 9.17) is 0 Å². The lowest BCUT2D eigenvalue weighted by Gasteiger charge is -2.35. The van der Waals surface area contributed by atoms with Crippen LogP contribution in [0.2, 0.25) is 0 Å². The first kappa shape index (κ1) is 18.1. The number of hydrogen-bond donors (Lipinski definition) is 2. The molecule has 1 aromatic rings. The van der Waals surface area contributed by atoms with Crippen LogP contribution >= 0.6 is 11.8 Å². The molecule has 1 aliphatic rings. The van der Waals surface area contributed by atoms with Gasteiger partial charge in [-0.2, -0.15) is 11.8 Å². The van der Waals surface area contributed by atoms with Gasteiger partial charge in [-0.05, 0) is 49.6 Å². The van der Waals surface area contributed by atoms with Gasteiger partial charge in [-0.25, -0.2) is 9.18 Å². The van der Waals surface area contributed by atoms with Crippen LogP contribution in [0.5, 0.6) is 0 Å². The largest absolute Gasteiger partial charge is 0.388 e. The molecule has 2 amide bonds. The summed E-state index contributed by atoms with van der Waals surface area (Å²) < 4.78 is 13.0. The summed E-state index contributed by atoms with van der Waals surface area (Å²) in [6.45, 7) is 3.28. The molecule has 1 aliphatic heterocycles. The summed E-state index contributed by atoms with van der Waals surface area (Å²) in [6.07, 6.45) is 2.92. The van der Waals surface area contributed by atoms with Gasteiger partial charge in [0.25, 0.3) is 0 Å². The lowest BCUT2D eigenvalue weighted by molar-refractivity contribution is 0.0662. The minimum Gasteiger partial charge on any atom is -0.388 e. The normalized spacial score (nSPS) is 18.5. The van der Waals surface area contributed by atoms with Crippen molar-refractivity contribution in [2.45, 2.75) is 31.9 Å². The number of piperidine rings is 1. The van der Waals surface area contributed by atoms with Gasteiger partial charge in [-0.1, -0.05) is 12.1 Å². The molecule has 2 rings (SSSR count). The summed E-state index contributed by atoms with van der Waals surface area (Å²) >= 11 is 1.71. The maximum absolute atomic E-state index is 13.0. The number of thioether (sulfide) groups is 1. The number of benzene rings is 1. The summed E-state index contributed by atoms with van der Waals surface area (Å²) in [4.78, 5) is 14.0. The molecule has 0 saturated carbocycles. The molecular formula is C17H25FN2O2S. The Morgan fingerprint density at radius 1 is 1.39 bits per heavy atom. The number of halogens is 1. The molecule has 0 aromatic heterocycles. The van der Waals surface area contributed by atoms with Gasteiger partial charge in [-0.15, -0.1) is 0 Å². The lowest BCUT2D eigenvalue weighted by atomic mass is 9.87. The van der Waals surface area contributed by atoms with Gasteiger partial charge in [0.05, 0.1) is 6.10 Å². The number of rotatable bonds is 5. The van der Waals surface area contributed by atoms with E-state index in [9.17, 15) is 14.3 Å². The first-order valence-electron chi connectivity index (χ1n) is 7.99. The van der Waals surface area contributed by atoms with Crippen LogP contribution in [-0.4, -0.2) is 47.2 Å². The van der Waals surface area contributed by atoms with Crippen LogP contribution in [0, 0.1) is 11.7 Å². The summed E-state index contributed by atoms with van der Waals surface area (Å²) in [5, 5.41) is 13.4. The molecule has 1 fully saturated rings. The Kier molecular flexibility index (Phi) is 6.72. The van der Waals surface area contributed by atoms with Crippen LogP contribution in [0.15, 0.2) is 24.3 Å². The SMILES string of the molecule is CSCC(C)NC(=O)N1CCC(C(O)c2ccc(F)cc2)CC1. The van der Waals surface area contributed by atoms with Crippen molar-refractivity contribution in [1.29, 1.82) is 0 Å². The number of aliphatic hydroxyl groups excluding tert-OH is 1. The standard InChI is InChI=1S/C17H25FN2O2S/c1-12(11-23-2)19-17(22)20-9-7-14(8-10-20)16(21)13-3-5-15(18)6-4-13/h3-6,12,14,16,21H,7-11H2,1-2H3,(H,19,22). The summed E-state index contributed by atoms with van der Waals surface area (Å²) in [5.41, 5.74) is 0.739. The maximum atomic E-state index is 13.0. The van der Waals surface area contributed by atoms with Crippen LogP contribution in [0.4, 0.5) is 9.18 Å². The van der Waals surface area contributed by atoms with E-state index in [1.165, 1.54) is 12.1 Å². The average molecular weight is 340 g/mol. The number of carbonyl (C=O) groups is 1. The number of urea groups is 1. The monoisotopic (exact) mass is 340 g/mol. The molecule has 23 heavy (non-hydrogen) atoms. The zero-order valence-electron chi connectivity index (χ0n) is 13.7. The number of nitrogens with one attached hydrogen (secondary N) is 1. The van der Waals surface area contributed by atoms with Crippen molar-refractivity contribution in [1.82, 2.24) is 10.2 Å². The summed E-state index contributed by atoms with van der Waals surface area (Å²) in [6, 6.07) is 6.12. The molecule has 4 nitrogen and oxygen atoms in total. The van der Waals surface area contributed by atoms with Crippen LogP contribution in [0.1, 0.15) is 31.4 Å². The second kappa shape index (κ2) is 8.55. The lowest BCUT2D eigenvalue weighted by Crippen LogP contribution is -2.48. The molecule has 0 radical (unpaired) electrons. The highest BCUT2D eigenvalue weighted by Gasteiger charge is 2.28. The Morgan fingerprint density at radius 3 is 2.57 bits per heavy atom. The number of aliphatic hydroxyl groups is 1. The zero-order chi connectivity index (χ0) is 16.8. The third-order valence-electron chi connectivity index (χ3n) is 4.27. The molecule has 0 aliphatic carbocycles. The van der Waals surface area contributed by atoms with Gasteiger partial charge in [0, 0.05) is 24.9 Å². The maximum Gasteiger partial charge on any atom is 0.317 e. The molecule has 2 N–H and O–H groups in total. The number of amides is 2. The highest BCUT2D eigenvalue weighted by Crippen LogP contribution is 2.30. The Morgan fingerprint density at radius 2 is 2.00 bits per heavy atom. The first-order valence-corrected chi connectivity index (χ1v) is 9.38. The average Bonchev–Trinajstić information content (AvgIpc) is 2.55. The molecule has 0 spiro atoms. The predicted octanol–water partition coefficient (Wildman–Crippen LogP) is 3.03. The van der Waals surface area contributed by atoms with Crippen LogP contribution < -0.4 is 5.32 Å². The third kappa shape index (κ3) is 5.11. The molecule has 2 unspecified atom stereocenters. The van der Waals surface area contributed by atoms with Gasteiger partial charge < -0.3 is 15.3 Å². The minimum atomic E-state index is -0.601. The van der Waals surface area contributed by atoms with Crippen molar-refractivity contribution in [3.8, 4) is 0 Å². The van der Waals surface area contributed by atoms with Gasteiger partial charge in [0.1, 0.15) is 5.82 Å². The van der Waals surface area contributed by atoms with E-state index in [1.807, 2.05) is 18.1 Å². The topological polar surface area (TPSA) is 52.6 Å². The predicted molar refractivity (Wildman–Crippen MR) is 92.0 cm³/mol. The quantitative estimate of drug-likeness (QED) is 0.866. The van der Waals surface area contributed by atoms with Crippen molar-refractivity contribution in [2.24, 2.45) is 5.92 Å². The summed E-state index contributed by atoms with van der Waals surface area (Å²) in [7, 11) is 0. The molecule has 1 heterocycles. The minimum absolute atomic E-state index is 0.0266. The molecular weight excluding hydrogens is 315 g/mol. The number of likely N-dealkylation sites (tertiary alicyclic amines) is 1. The Labute approximate surface area is 141 Å².